The number of aryl methyl sites for hydroxylation is 1. The Hall–Kier alpha value is -1.84. The third-order valence-corrected chi connectivity index (χ3v) is 2.16. The predicted molar refractivity (Wildman–Crippen MR) is 56.2 cm³/mol. The zero-order valence-corrected chi connectivity index (χ0v) is 7.87. The van der Waals surface area contributed by atoms with Crippen molar-refractivity contribution in [1.82, 2.24) is 9.97 Å². The number of nitrogens with zero attached hydrogens (tertiary/aromatic N) is 1. The van der Waals surface area contributed by atoms with Crippen LogP contribution in [-0.4, -0.2) is 9.97 Å². The van der Waals surface area contributed by atoms with Gasteiger partial charge in [-0.15, -0.1) is 0 Å². The summed E-state index contributed by atoms with van der Waals surface area (Å²) < 4.78 is 0. The molecular formula is C10H11N3O. The monoisotopic (exact) mass is 189 g/mol. The van der Waals surface area contributed by atoms with Gasteiger partial charge in [0, 0.05) is 11.5 Å². The molecule has 2 heterocycles. The van der Waals surface area contributed by atoms with Crippen LogP contribution in [0.15, 0.2) is 23.0 Å². The van der Waals surface area contributed by atoms with Gasteiger partial charge in [0.2, 0.25) is 5.56 Å². The van der Waals surface area contributed by atoms with E-state index in [0.29, 0.717) is 11.3 Å². The lowest BCUT2D eigenvalue weighted by Gasteiger charge is -2.03. The van der Waals surface area contributed by atoms with Crippen molar-refractivity contribution in [2.75, 3.05) is 5.73 Å². The maximum atomic E-state index is 11.0. The van der Waals surface area contributed by atoms with E-state index < -0.39 is 0 Å². The molecule has 2 aromatic heterocycles. The molecule has 0 unspecified atom stereocenters. The van der Waals surface area contributed by atoms with Gasteiger partial charge in [0.1, 0.15) is 5.65 Å². The van der Waals surface area contributed by atoms with E-state index >= 15 is 0 Å². The summed E-state index contributed by atoms with van der Waals surface area (Å²) in [5, 5.41) is 0.860. The number of H-pyrrole nitrogens is 1. The quantitative estimate of drug-likeness (QED) is 0.704. The van der Waals surface area contributed by atoms with Crippen molar-refractivity contribution in [3.63, 3.8) is 0 Å². The summed E-state index contributed by atoms with van der Waals surface area (Å²) >= 11 is 0. The number of rotatable bonds is 1. The van der Waals surface area contributed by atoms with Gasteiger partial charge in [0.15, 0.2) is 0 Å². The van der Waals surface area contributed by atoms with Crippen LogP contribution in [0.25, 0.3) is 11.0 Å². The van der Waals surface area contributed by atoms with Crippen LogP contribution >= 0.6 is 0 Å². The van der Waals surface area contributed by atoms with Gasteiger partial charge in [0.25, 0.3) is 0 Å². The van der Waals surface area contributed by atoms with Gasteiger partial charge in [-0.25, -0.2) is 4.98 Å². The number of aromatic nitrogens is 2. The number of fused-ring (bicyclic) bond motifs is 1. The smallest absolute Gasteiger partial charge is 0.249 e. The average Bonchev–Trinajstić information content (AvgIpc) is 2.17. The molecule has 0 atom stereocenters. The first kappa shape index (κ1) is 8.74. The SMILES string of the molecule is CCc1nc2[nH]c(=O)ccc2cc1N. The van der Waals surface area contributed by atoms with Gasteiger partial charge in [-0.05, 0) is 18.6 Å². The molecule has 4 nitrogen and oxygen atoms in total. The molecule has 3 N–H and O–H groups in total. The minimum atomic E-state index is -0.142. The molecule has 0 aliphatic heterocycles. The van der Waals surface area contributed by atoms with Crippen molar-refractivity contribution in [3.8, 4) is 0 Å². The molecule has 0 spiro atoms. The topological polar surface area (TPSA) is 71.8 Å². The highest BCUT2D eigenvalue weighted by Crippen LogP contribution is 2.15. The fraction of sp³-hybridized carbons (Fsp3) is 0.200. The number of nitrogens with two attached hydrogens (primary N) is 1. The number of pyridine rings is 2. The van der Waals surface area contributed by atoms with Gasteiger partial charge in [0.05, 0.1) is 11.4 Å². The van der Waals surface area contributed by atoms with Crippen LogP contribution in [0.1, 0.15) is 12.6 Å². The molecule has 72 valence electrons. The fourth-order valence-corrected chi connectivity index (χ4v) is 1.42. The molecule has 0 aromatic carbocycles. The van der Waals surface area contributed by atoms with E-state index in [1.54, 1.807) is 6.07 Å². The zero-order valence-electron chi connectivity index (χ0n) is 7.87. The van der Waals surface area contributed by atoms with E-state index in [-0.39, 0.29) is 5.56 Å². The first-order valence-electron chi connectivity index (χ1n) is 4.49. The number of anilines is 1. The van der Waals surface area contributed by atoms with Crippen molar-refractivity contribution >= 4 is 16.7 Å². The van der Waals surface area contributed by atoms with Crippen LogP contribution in [0.4, 0.5) is 5.69 Å². The average molecular weight is 189 g/mol. The number of nitrogens with one attached hydrogen (secondary N) is 1. The lowest BCUT2D eigenvalue weighted by atomic mass is 10.2. The minimum absolute atomic E-state index is 0.142. The molecule has 0 aliphatic carbocycles. The van der Waals surface area contributed by atoms with Crippen LogP contribution in [-0.2, 0) is 6.42 Å². The number of nitrogen functional groups attached to an aromatic ring is 1. The van der Waals surface area contributed by atoms with Crippen LogP contribution in [0.5, 0.6) is 0 Å². The highest BCUT2D eigenvalue weighted by molar-refractivity contribution is 5.78. The largest absolute Gasteiger partial charge is 0.397 e. The fourth-order valence-electron chi connectivity index (χ4n) is 1.42. The summed E-state index contributed by atoms with van der Waals surface area (Å²) in [5.74, 6) is 0. The predicted octanol–water partition coefficient (Wildman–Crippen LogP) is 1.07. The van der Waals surface area contributed by atoms with Crippen molar-refractivity contribution in [2.24, 2.45) is 0 Å². The Labute approximate surface area is 80.8 Å². The second-order valence-electron chi connectivity index (χ2n) is 3.14. The summed E-state index contributed by atoms with van der Waals surface area (Å²) in [6.45, 7) is 1.98. The Balaban J connectivity index is 2.80. The van der Waals surface area contributed by atoms with Crippen LogP contribution in [0, 0.1) is 0 Å². The van der Waals surface area contributed by atoms with Crippen molar-refractivity contribution in [1.29, 1.82) is 0 Å². The molecule has 0 radical (unpaired) electrons. The standard InChI is InChI=1S/C10H11N3O/c1-2-8-7(11)5-6-3-4-9(14)13-10(6)12-8/h3-5H,2,11H2,1H3,(H,12,13,14). The Morgan fingerprint density at radius 1 is 1.50 bits per heavy atom. The molecule has 0 fully saturated rings. The summed E-state index contributed by atoms with van der Waals surface area (Å²) in [6.07, 6.45) is 0.763. The molecule has 0 saturated heterocycles. The minimum Gasteiger partial charge on any atom is -0.397 e. The molecule has 0 bridgehead atoms. The Morgan fingerprint density at radius 2 is 2.29 bits per heavy atom. The van der Waals surface area contributed by atoms with E-state index in [0.717, 1.165) is 17.5 Å². The van der Waals surface area contributed by atoms with Gasteiger partial charge in [-0.1, -0.05) is 6.92 Å². The third-order valence-electron chi connectivity index (χ3n) is 2.16. The number of aromatic amines is 1. The number of hydrogen-bond acceptors (Lipinski definition) is 3. The van der Waals surface area contributed by atoms with Crippen LogP contribution in [0.2, 0.25) is 0 Å². The first-order chi connectivity index (χ1) is 6.70. The van der Waals surface area contributed by atoms with Gasteiger partial charge in [-0.2, -0.15) is 0 Å². The lowest BCUT2D eigenvalue weighted by molar-refractivity contribution is 1.05. The third kappa shape index (κ3) is 1.35. The van der Waals surface area contributed by atoms with E-state index in [2.05, 4.69) is 9.97 Å². The Morgan fingerprint density at radius 3 is 3.00 bits per heavy atom. The Kier molecular flexibility index (Phi) is 1.96. The number of hydrogen-bond donors (Lipinski definition) is 2. The highest BCUT2D eigenvalue weighted by atomic mass is 16.1. The Bertz CT molecular complexity index is 530. The van der Waals surface area contributed by atoms with Gasteiger partial charge in [-0.3, -0.25) is 4.79 Å². The normalized spacial score (nSPS) is 10.6. The second-order valence-corrected chi connectivity index (χ2v) is 3.14. The van der Waals surface area contributed by atoms with Crippen LogP contribution < -0.4 is 11.3 Å². The molecule has 2 rings (SSSR count). The summed E-state index contributed by atoms with van der Waals surface area (Å²) in [4.78, 5) is 18.0. The molecular weight excluding hydrogens is 178 g/mol. The van der Waals surface area contributed by atoms with E-state index in [9.17, 15) is 4.79 Å². The summed E-state index contributed by atoms with van der Waals surface area (Å²) in [7, 11) is 0. The van der Waals surface area contributed by atoms with E-state index in [1.165, 1.54) is 6.07 Å². The van der Waals surface area contributed by atoms with E-state index in [1.807, 2.05) is 13.0 Å². The van der Waals surface area contributed by atoms with Crippen LogP contribution in [0.3, 0.4) is 0 Å². The molecule has 0 aliphatic rings. The van der Waals surface area contributed by atoms with Gasteiger partial charge >= 0.3 is 0 Å². The first-order valence-corrected chi connectivity index (χ1v) is 4.49. The summed E-state index contributed by atoms with van der Waals surface area (Å²) in [5.41, 5.74) is 7.73. The molecule has 14 heavy (non-hydrogen) atoms. The summed E-state index contributed by atoms with van der Waals surface area (Å²) in [6, 6.07) is 5.02. The van der Waals surface area contributed by atoms with Crippen molar-refractivity contribution in [2.45, 2.75) is 13.3 Å². The van der Waals surface area contributed by atoms with E-state index in [4.69, 9.17) is 5.73 Å². The van der Waals surface area contributed by atoms with Crippen molar-refractivity contribution < 1.29 is 0 Å². The molecule has 0 saturated carbocycles. The van der Waals surface area contributed by atoms with Gasteiger partial charge < -0.3 is 10.7 Å². The lowest BCUT2D eigenvalue weighted by Crippen LogP contribution is -2.06. The van der Waals surface area contributed by atoms with Crippen molar-refractivity contribution in [3.05, 3.63) is 34.2 Å². The highest BCUT2D eigenvalue weighted by Gasteiger charge is 2.02. The molecule has 2 aromatic rings. The molecule has 4 heteroatoms. The maximum Gasteiger partial charge on any atom is 0.249 e. The second kappa shape index (κ2) is 3.14. The zero-order chi connectivity index (χ0) is 10.1. The maximum absolute atomic E-state index is 11.0. The molecule has 0 amide bonds.